The van der Waals surface area contributed by atoms with Gasteiger partial charge in [-0.25, -0.2) is 0 Å². The van der Waals surface area contributed by atoms with Crippen molar-refractivity contribution in [1.29, 1.82) is 0 Å². The highest BCUT2D eigenvalue weighted by molar-refractivity contribution is 5.40. The minimum atomic E-state index is 0.329. The Morgan fingerprint density at radius 1 is 1.47 bits per heavy atom. The fraction of sp³-hybridized carbons (Fsp3) is 0.571. The molecule has 0 aromatic heterocycles. The Hall–Kier alpha value is -1.06. The second-order valence-electron chi connectivity index (χ2n) is 4.60. The van der Waals surface area contributed by atoms with Crippen LogP contribution in [-0.2, 0) is 17.7 Å². The number of hydrogen-bond donors (Lipinski definition) is 1. The molecule has 1 aliphatic rings. The Morgan fingerprint density at radius 2 is 2.35 bits per heavy atom. The van der Waals surface area contributed by atoms with Gasteiger partial charge in [-0.15, -0.1) is 0 Å². The number of rotatable bonds is 6. The number of nitrogens with one attached hydrogen (secondary N) is 1. The van der Waals surface area contributed by atoms with Crippen LogP contribution in [0.2, 0.25) is 0 Å². The first-order chi connectivity index (χ1) is 8.29. The molecule has 1 N–H and O–H groups in total. The van der Waals surface area contributed by atoms with Crippen molar-refractivity contribution < 1.29 is 9.47 Å². The molecule has 3 nitrogen and oxygen atoms in total. The molecule has 1 heterocycles. The van der Waals surface area contributed by atoms with Crippen molar-refractivity contribution in [2.75, 3.05) is 20.3 Å². The summed E-state index contributed by atoms with van der Waals surface area (Å²) in [5, 5.41) is 3.42. The molecule has 0 fully saturated rings. The second-order valence-corrected chi connectivity index (χ2v) is 4.60. The summed E-state index contributed by atoms with van der Waals surface area (Å²) in [6.45, 7) is 4.86. The molecule has 1 atom stereocenters. The molecular formula is C14H21NO2. The number of ether oxygens (including phenoxy) is 2. The van der Waals surface area contributed by atoms with Crippen LogP contribution in [0.1, 0.15) is 24.5 Å². The van der Waals surface area contributed by atoms with Crippen LogP contribution >= 0.6 is 0 Å². The lowest BCUT2D eigenvalue weighted by molar-refractivity contribution is 0.194. The summed E-state index contributed by atoms with van der Waals surface area (Å²) < 4.78 is 10.7. The smallest absolute Gasteiger partial charge is 0.123 e. The highest BCUT2D eigenvalue weighted by Gasteiger charge is 2.18. The fourth-order valence-electron chi connectivity index (χ4n) is 2.16. The predicted octanol–water partition coefficient (Wildman–Crippen LogP) is 2.14. The van der Waals surface area contributed by atoms with Crippen molar-refractivity contribution in [2.24, 2.45) is 0 Å². The van der Waals surface area contributed by atoms with Crippen LogP contribution in [0.4, 0.5) is 0 Å². The van der Waals surface area contributed by atoms with Gasteiger partial charge >= 0.3 is 0 Å². The highest BCUT2D eigenvalue weighted by atomic mass is 16.5. The summed E-state index contributed by atoms with van der Waals surface area (Å²) >= 11 is 0. The molecule has 1 aliphatic heterocycles. The molecule has 1 unspecified atom stereocenters. The molecule has 1 aromatic rings. The van der Waals surface area contributed by atoms with Gasteiger partial charge in [-0.1, -0.05) is 12.1 Å². The normalized spacial score (nSPS) is 17.9. The van der Waals surface area contributed by atoms with Crippen molar-refractivity contribution in [2.45, 2.75) is 32.4 Å². The lowest BCUT2D eigenvalue weighted by Crippen LogP contribution is -2.16. The van der Waals surface area contributed by atoms with Gasteiger partial charge in [0.2, 0.25) is 0 Å². The number of benzene rings is 1. The zero-order valence-electron chi connectivity index (χ0n) is 10.7. The fourth-order valence-corrected chi connectivity index (χ4v) is 2.16. The third-order valence-electron chi connectivity index (χ3n) is 2.99. The van der Waals surface area contributed by atoms with E-state index in [1.165, 1.54) is 11.1 Å². The first kappa shape index (κ1) is 12.4. The Kier molecular flexibility index (Phi) is 4.40. The van der Waals surface area contributed by atoms with E-state index in [0.29, 0.717) is 6.10 Å². The molecule has 0 bridgehead atoms. The molecular weight excluding hydrogens is 214 g/mol. The maximum atomic E-state index is 5.68. The summed E-state index contributed by atoms with van der Waals surface area (Å²) in [5.41, 5.74) is 2.67. The van der Waals surface area contributed by atoms with Gasteiger partial charge in [0.1, 0.15) is 11.9 Å². The van der Waals surface area contributed by atoms with Gasteiger partial charge in [-0.3, -0.25) is 0 Å². The van der Waals surface area contributed by atoms with Crippen molar-refractivity contribution in [3.63, 3.8) is 0 Å². The summed E-state index contributed by atoms with van der Waals surface area (Å²) in [4.78, 5) is 0. The van der Waals surface area contributed by atoms with E-state index >= 15 is 0 Å². The van der Waals surface area contributed by atoms with Crippen LogP contribution in [0.5, 0.6) is 5.75 Å². The third kappa shape index (κ3) is 3.45. The zero-order valence-corrected chi connectivity index (χ0v) is 10.7. The van der Waals surface area contributed by atoms with E-state index in [2.05, 4.69) is 30.4 Å². The Bertz CT molecular complexity index is 365. The van der Waals surface area contributed by atoms with Crippen molar-refractivity contribution in [3.8, 4) is 5.75 Å². The lowest BCUT2D eigenvalue weighted by Gasteiger charge is -2.06. The molecule has 0 saturated carbocycles. The van der Waals surface area contributed by atoms with Gasteiger partial charge in [-0.05, 0) is 37.1 Å². The summed E-state index contributed by atoms with van der Waals surface area (Å²) in [5.74, 6) is 1.06. The summed E-state index contributed by atoms with van der Waals surface area (Å²) in [6, 6.07) is 6.48. The molecule has 1 aromatic carbocycles. The Balaban J connectivity index is 1.80. The van der Waals surface area contributed by atoms with Gasteiger partial charge in [0.05, 0.1) is 0 Å². The van der Waals surface area contributed by atoms with E-state index in [4.69, 9.17) is 9.47 Å². The van der Waals surface area contributed by atoms with Crippen LogP contribution in [-0.4, -0.2) is 26.4 Å². The minimum absolute atomic E-state index is 0.329. The van der Waals surface area contributed by atoms with Gasteiger partial charge < -0.3 is 14.8 Å². The average molecular weight is 235 g/mol. The molecule has 2 rings (SSSR count). The SMILES string of the molecule is COCCCNCc1ccc2c(c1)CC(C)O2. The maximum Gasteiger partial charge on any atom is 0.123 e. The van der Waals surface area contributed by atoms with Crippen molar-refractivity contribution >= 4 is 0 Å². The topological polar surface area (TPSA) is 30.5 Å². The van der Waals surface area contributed by atoms with Crippen LogP contribution in [0.3, 0.4) is 0 Å². The number of hydrogen-bond acceptors (Lipinski definition) is 3. The Labute approximate surface area is 103 Å². The molecule has 3 heteroatoms. The van der Waals surface area contributed by atoms with Crippen LogP contribution < -0.4 is 10.1 Å². The molecule has 0 radical (unpaired) electrons. The Morgan fingerprint density at radius 3 is 3.18 bits per heavy atom. The largest absolute Gasteiger partial charge is 0.490 e. The predicted molar refractivity (Wildman–Crippen MR) is 68.4 cm³/mol. The molecule has 0 amide bonds. The monoisotopic (exact) mass is 235 g/mol. The zero-order chi connectivity index (χ0) is 12.1. The van der Waals surface area contributed by atoms with E-state index in [9.17, 15) is 0 Å². The van der Waals surface area contributed by atoms with Crippen LogP contribution in [0, 0.1) is 0 Å². The highest BCUT2D eigenvalue weighted by Crippen LogP contribution is 2.29. The van der Waals surface area contributed by atoms with E-state index in [-0.39, 0.29) is 0 Å². The number of methoxy groups -OCH3 is 1. The van der Waals surface area contributed by atoms with Crippen molar-refractivity contribution in [3.05, 3.63) is 29.3 Å². The van der Waals surface area contributed by atoms with Crippen molar-refractivity contribution in [1.82, 2.24) is 5.32 Å². The maximum absolute atomic E-state index is 5.68. The van der Waals surface area contributed by atoms with E-state index < -0.39 is 0 Å². The average Bonchev–Trinajstić information content (AvgIpc) is 2.68. The molecule has 17 heavy (non-hydrogen) atoms. The van der Waals surface area contributed by atoms with Crippen LogP contribution in [0.25, 0.3) is 0 Å². The standard InChI is InChI=1S/C14H21NO2/c1-11-8-13-9-12(4-5-14(13)17-11)10-15-6-3-7-16-2/h4-5,9,11,15H,3,6-8,10H2,1-2H3. The van der Waals surface area contributed by atoms with Gasteiger partial charge in [0.25, 0.3) is 0 Å². The van der Waals surface area contributed by atoms with Crippen LogP contribution in [0.15, 0.2) is 18.2 Å². The summed E-state index contributed by atoms with van der Waals surface area (Å²) in [7, 11) is 1.74. The van der Waals surface area contributed by atoms with Gasteiger partial charge in [0, 0.05) is 26.7 Å². The molecule has 94 valence electrons. The minimum Gasteiger partial charge on any atom is -0.490 e. The summed E-state index contributed by atoms with van der Waals surface area (Å²) in [6.07, 6.45) is 2.42. The van der Waals surface area contributed by atoms with E-state index in [1.54, 1.807) is 7.11 Å². The van der Waals surface area contributed by atoms with Gasteiger partial charge in [0.15, 0.2) is 0 Å². The molecule has 0 spiro atoms. The number of fused-ring (bicyclic) bond motifs is 1. The molecule has 0 aliphatic carbocycles. The van der Waals surface area contributed by atoms with Gasteiger partial charge in [-0.2, -0.15) is 0 Å². The first-order valence-electron chi connectivity index (χ1n) is 6.27. The molecule has 0 saturated heterocycles. The lowest BCUT2D eigenvalue weighted by atomic mass is 10.1. The third-order valence-corrected chi connectivity index (χ3v) is 2.99. The van der Waals surface area contributed by atoms with E-state index in [1.807, 2.05) is 0 Å². The quantitative estimate of drug-likeness (QED) is 0.766. The van der Waals surface area contributed by atoms with E-state index in [0.717, 1.165) is 38.3 Å². The first-order valence-corrected chi connectivity index (χ1v) is 6.27. The second kappa shape index (κ2) is 6.03.